The van der Waals surface area contributed by atoms with E-state index in [9.17, 15) is 13.2 Å². The molecule has 0 atom stereocenters. The van der Waals surface area contributed by atoms with Gasteiger partial charge in [0, 0.05) is 11.4 Å². The highest BCUT2D eigenvalue weighted by molar-refractivity contribution is 7.94. The standard InChI is InChI=1S/C15H18N2O3S2/c1-3-17(12-6-4-5-11(2)9-12)22(19,20)15-8-7-13(21-15)10-14(16)18/h4-9H,3,10H2,1-2H3,(H2,16,18). The fourth-order valence-corrected chi connectivity index (χ4v) is 5.09. The normalized spacial score (nSPS) is 11.4. The first-order valence-electron chi connectivity index (χ1n) is 6.81. The van der Waals surface area contributed by atoms with Gasteiger partial charge >= 0.3 is 0 Å². The van der Waals surface area contributed by atoms with E-state index in [0.717, 1.165) is 16.9 Å². The van der Waals surface area contributed by atoms with Crippen molar-refractivity contribution in [3.8, 4) is 0 Å². The van der Waals surface area contributed by atoms with E-state index >= 15 is 0 Å². The molecule has 1 heterocycles. The van der Waals surface area contributed by atoms with E-state index in [0.29, 0.717) is 17.1 Å². The van der Waals surface area contributed by atoms with Gasteiger partial charge < -0.3 is 5.73 Å². The first-order valence-corrected chi connectivity index (χ1v) is 9.06. The number of amides is 1. The summed E-state index contributed by atoms with van der Waals surface area (Å²) < 4.78 is 27.2. The van der Waals surface area contributed by atoms with Crippen molar-refractivity contribution >= 4 is 33.0 Å². The Hall–Kier alpha value is -1.86. The van der Waals surface area contributed by atoms with Crippen molar-refractivity contribution in [2.45, 2.75) is 24.5 Å². The lowest BCUT2D eigenvalue weighted by molar-refractivity contribution is -0.117. The molecule has 0 saturated carbocycles. The second kappa shape index (κ2) is 6.50. The molecule has 0 spiro atoms. The SMILES string of the molecule is CCN(c1cccc(C)c1)S(=O)(=O)c1ccc(CC(N)=O)s1. The number of benzene rings is 1. The molecule has 5 nitrogen and oxygen atoms in total. The zero-order chi connectivity index (χ0) is 16.3. The molecule has 2 N–H and O–H groups in total. The summed E-state index contributed by atoms with van der Waals surface area (Å²) in [7, 11) is -3.64. The van der Waals surface area contributed by atoms with Gasteiger partial charge in [0.15, 0.2) is 0 Å². The third-order valence-corrected chi connectivity index (χ3v) is 6.56. The highest BCUT2D eigenvalue weighted by Crippen LogP contribution is 2.29. The van der Waals surface area contributed by atoms with E-state index in [-0.39, 0.29) is 10.6 Å². The average Bonchev–Trinajstić information content (AvgIpc) is 2.87. The minimum atomic E-state index is -3.64. The topological polar surface area (TPSA) is 80.5 Å². The maximum atomic E-state index is 12.8. The third-order valence-electron chi connectivity index (χ3n) is 3.11. The Morgan fingerprint density at radius 2 is 2.00 bits per heavy atom. The van der Waals surface area contributed by atoms with Crippen LogP contribution in [0.4, 0.5) is 5.69 Å². The molecule has 0 unspecified atom stereocenters. The van der Waals surface area contributed by atoms with Crippen molar-refractivity contribution in [2.24, 2.45) is 5.73 Å². The highest BCUT2D eigenvalue weighted by Gasteiger charge is 2.25. The number of carbonyl (C=O) groups excluding carboxylic acids is 1. The lowest BCUT2D eigenvalue weighted by Crippen LogP contribution is -2.30. The van der Waals surface area contributed by atoms with Gasteiger partial charge in [0.2, 0.25) is 5.91 Å². The Morgan fingerprint density at radius 3 is 2.59 bits per heavy atom. The number of thiophene rings is 1. The minimum Gasteiger partial charge on any atom is -0.369 e. The fraction of sp³-hybridized carbons (Fsp3) is 0.267. The third kappa shape index (κ3) is 3.48. The molecule has 0 saturated heterocycles. The van der Waals surface area contributed by atoms with Gasteiger partial charge in [-0.2, -0.15) is 0 Å². The van der Waals surface area contributed by atoms with E-state index in [2.05, 4.69) is 0 Å². The zero-order valence-corrected chi connectivity index (χ0v) is 14.1. The Bertz CT molecular complexity index is 782. The zero-order valence-electron chi connectivity index (χ0n) is 12.4. The second-order valence-corrected chi connectivity index (χ2v) is 8.13. The minimum absolute atomic E-state index is 0.0523. The number of sulfonamides is 1. The van der Waals surface area contributed by atoms with Crippen LogP contribution in [0.1, 0.15) is 17.4 Å². The van der Waals surface area contributed by atoms with Gasteiger partial charge in [0.25, 0.3) is 10.0 Å². The number of rotatable bonds is 6. The van der Waals surface area contributed by atoms with Crippen LogP contribution in [0.25, 0.3) is 0 Å². The van der Waals surface area contributed by atoms with Crippen LogP contribution >= 0.6 is 11.3 Å². The maximum absolute atomic E-state index is 12.8. The number of hydrogen-bond acceptors (Lipinski definition) is 4. The van der Waals surface area contributed by atoms with Crippen LogP contribution in [0.15, 0.2) is 40.6 Å². The molecule has 0 fully saturated rings. The Labute approximate surface area is 134 Å². The van der Waals surface area contributed by atoms with Gasteiger partial charge in [0.1, 0.15) is 4.21 Å². The lowest BCUT2D eigenvalue weighted by atomic mass is 10.2. The molecule has 2 rings (SSSR count). The molecular formula is C15H18N2O3S2. The van der Waals surface area contributed by atoms with Crippen LogP contribution in [0.3, 0.4) is 0 Å². The molecule has 0 aliphatic heterocycles. The van der Waals surface area contributed by atoms with E-state index in [1.54, 1.807) is 19.1 Å². The predicted octanol–water partition coefficient (Wildman–Crippen LogP) is 2.30. The molecule has 1 aromatic heterocycles. The van der Waals surface area contributed by atoms with Gasteiger partial charge in [0.05, 0.1) is 12.1 Å². The number of aryl methyl sites for hydroxylation is 1. The Kier molecular flexibility index (Phi) is 4.87. The maximum Gasteiger partial charge on any atom is 0.273 e. The first-order chi connectivity index (χ1) is 10.3. The van der Waals surface area contributed by atoms with Gasteiger partial charge in [-0.1, -0.05) is 12.1 Å². The van der Waals surface area contributed by atoms with E-state index < -0.39 is 15.9 Å². The van der Waals surface area contributed by atoms with Crippen LogP contribution in [0.5, 0.6) is 0 Å². The summed E-state index contributed by atoms with van der Waals surface area (Å²) in [5.74, 6) is -0.475. The molecule has 7 heteroatoms. The van der Waals surface area contributed by atoms with Crippen LogP contribution in [-0.4, -0.2) is 20.9 Å². The summed E-state index contributed by atoms with van der Waals surface area (Å²) in [4.78, 5) is 11.6. The summed E-state index contributed by atoms with van der Waals surface area (Å²) in [5.41, 5.74) is 6.77. The van der Waals surface area contributed by atoms with Crippen LogP contribution < -0.4 is 10.0 Å². The summed E-state index contributed by atoms with van der Waals surface area (Å²) in [6.45, 7) is 4.03. The average molecular weight is 338 g/mol. The lowest BCUT2D eigenvalue weighted by Gasteiger charge is -2.22. The summed E-state index contributed by atoms with van der Waals surface area (Å²) in [5, 5.41) is 0. The van der Waals surface area contributed by atoms with Crippen molar-refractivity contribution in [3.63, 3.8) is 0 Å². The first kappa shape index (κ1) is 16.5. The molecule has 118 valence electrons. The predicted molar refractivity (Wildman–Crippen MR) is 88.6 cm³/mol. The van der Waals surface area contributed by atoms with Gasteiger partial charge in [-0.25, -0.2) is 8.42 Å². The van der Waals surface area contributed by atoms with Crippen molar-refractivity contribution in [3.05, 3.63) is 46.8 Å². The number of nitrogens with two attached hydrogens (primary N) is 1. The molecule has 2 aromatic rings. The van der Waals surface area contributed by atoms with Crippen molar-refractivity contribution in [1.29, 1.82) is 0 Å². The highest BCUT2D eigenvalue weighted by atomic mass is 32.2. The van der Waals surface area contributed by atoms with Gasteiger partial charge in [-0.15, -0.1) is 11.3 Å². The molecule has 0 bridgehead atoms. The van der Waals surface area contributed by atoms with Gasteiger partial charge in [-0.3, -0.25) is 9.10 Å². The summed E-state index contributed by atoms with van der Waals surface area (Å²) in [6.07, 6.45) is 0.0523. The van der Waals surface area contributed by atoms with E-state index in [1.165, 1.54) is 10.4 Å². The number of primary amides is 1. The molecular weight excluding hydrogens is 320 g/mol. The van der Waals surface area contributed by atoms with Crippen LogP contribution in [0, 0.1) is 6.92 Å². The summed E-state index contributed by atoms with van der Waals surface area (Å²) >= 11 is 1.08. The van der Waals surface area contributed by atoms with Crippen molar-refractivity contribution < 1.29 is 13.2 Å². The van der Waals surface area contributed by atoms with Crippen molar-refractivity contribution in [2.75, 3.05) is 10.8 Å². The molecule has 0 radical (unpaired) electrons. The summed E-state index contributed by atoms with van der Waals surface area (Å²) in [6, 6.07) is 10.5. The monoisotopic (exact) mass is 338 g/mol. The van der Waals surface area contributed by atoms with Crippen LogP contribution in [0.2, 0.25) is 0 Å². The molecule has 0 aliphatic rings. The van der Waals surface area contributed by atoms with Crippen LogP contribution in [-0.2, 0) is 21.2 Å². The number of anilines is 1. The Morgan fingerprint density at radius 1 is 1.27 bits per heavy atom. The Balaban J connectivity index is 2.38. The molecule has 0 aliphatic carbocycles. The quantitative estimate of drug-likeness (QED) is 0.877. The van der Waals surface area contributed by atoms with E-state index in [4.69, 9.17) is 5.73 Å². The molecule has 22 heavy (non-hydrogen) atoms. The number of nitrogens with zero attached hydrogens (tertiary/aromatic N) is 1. The van der Waals surface area contributed by atoms with Gasteiger partial charge in [-0.05, 0) is 43.7 Å². The fourth-order valence-electron chi connectivity index (χ4n) is 2.15. The largest absolute Gasteiger partial charge is 0.369 e. The van der Waals surface area contributed by atoms with Crippen molar-refractivity contribution in [1.82, 2.24) is 0 Å². The van der Waals surface area contributed by atoms with E-state index in [1.807, 2.05) is 25.1 Å². The number of carbonyl (C=O) groups is 1. The second-order valence-electron chi connectivity index (χ2n) is 4.87. The number of hydrogen-bond donors (Lipinski definition) is 1. The molecule has 1 amide bonds. The molecule has 1 aromatic carbocycles. The smallest absolute Gasteiger partial charge is 0.273 e.